The quantitative estimate of drug-likeness (QED) is 0.746. The van der Waals surface area contributed by atoms with E-state index in [1.165, 1.54) is 24.0 Å². The maximum atomic E-state index is 12.2. The van der Waals surface area contributed by atoms with Gasteiger partial charge in [0.25, 0.3) is 5.91 Å². The maximum absolute atomic E-state index is 12.2. The van der Waals surface area contributed by atoms with Crippen molar-refractivity contribution in [2.24, 2.45) is 5.92 Å². The Balaban J connectivity index is 2.92. The first-order chi connectivity index (χ1) is 8.86. The molecule has 104 valence electrons. The van der Waals surface area contributed by atoms with E-state index >= 15 is 0 Å². The summed E-state index contributed by atoms with van der Waals surface area (Å²) in [7, 11) is 0. The molecule has 19 heavy (non-hydrogen) atoms. The van der Waals surface area contributed by atoms with Gasteiger partial charge in [0.15, 0.2) is 0 Å². The molecule has 0 saturated heterocycles. The van der Waals surface area contributed by atoms with Gasteiger partial charge in [0.05, 0.1) is 11.5 Å². The van der Waals surface area contributed by atoms with Gasteiger partial charge < -0.3 is 20.2 Å². The van der Waals surface area contributed by atoms with Crippen LogP contribution >= 0.6 is 0 Å². The zero-order valence-corrected chi connectivity index (χ0v) is 10.8. The Bertz CT molecular complexity index is 486. The van der Waals surface area contributed by atoms with E-state index in [9.17, 15) is 19.8 Å². The number of phenolic OH excluding ortho intramolecular Hbond substituents is 2. The number of aromatic hydroxyl groups is 2. The van der Waals surface area contributed by atoms with E-state index in [0.717, 1.165) is 6.07 Å². The predicted octanol–water partition coefficient (Wildman–Crippen LogP) is 1.28. The first-order valence-corrected chi connectivity index (χ1v) is 5.90. The molecule has 0 fully saturated rings. The van der Waals surface area contributed by atoms with Crippen molar-refractivity contribution in [3.05, 3.63) is 23.8 Å². The van der Waals surface area contributed by atoms with Crippen LogP contribution in [0.15, 0.2) is 18.2 Å². The monoisotopic (exact) mass is 267 g/mol. The van der Waals surface area contributed by atoms with E-state index in [1.807, 2.05) is 0 Å². The Hall–Kier alpha value is -2.24. The number of rotatable bonds is 5. The van der Waals surface area contributed by atoms with Gasteiger partial charge in [-0.25, -0.2) is 0 Å². The van der Waals surface area contributed by atoms with E-state index in [1.54, 1.807) is 6.92 Å². The molecule has 0 saturated carbocycles. The Morgan fingerprint density at radius 3 is 2.42 bits per heavy atom. The zero-order valence-electron chi connectivity index (χ0n) is 10.8. The number of carbonyl (C=O) groups excluding carboxylic acids is 1. The number of hydrogen-bond donors (Lipinski definition) is 3. The summed E-state index contributed by atoms with van der Waals surface area (Å²) in [5.41, 5.74) is 0.0391. The Labute approximate surface area is 110 Å². The summed E-state index contributed by atoms with van der Waals surface area (Å²) in [5, 5.41) is 27.6. The summed E-state index contributed by atoms with van der Waals surface area (Å²) in [6, 6.07) is 3.67. The minimum Gasteiger partial charge on any atom is -0.508 e. The van der Waals surface area contributed by atoms with Crippen LogP contribution in [0.4, 0.5) is 0 Å². The number of nitrogens with zero attached hydrogens (tertiary/aromatic N) is 1. The van der Waals surface area contributed by atoms with Crippen LogP contribution in [-0.4, -0.2) is 45.2 Å². The molecule has 0 bridgehead atoms. The van der Waals surface area contributed by atoms with Crippen molar-refractivity contribution in [2.75, 3.05) is 13.1 Å². The normalized spacial score (nSPS) is 11.9. The highest BCUT2D eigenvalue weighted by molar-refractivity contribution is 5.97. The molecule has 0 radical (unpaired) electrons. The summed E-state index contributed by atoms with van der Waals surface area (Å²) < 4.78 is 0. The molecule has 3 N–H and O–H groups in total. The van der Waals surface area contributed by atoms with E-state index in [2.05, 4.69) is 0 Å². The zero-order chi connectivity index (χ0) is 14.6. The summed E-state index contributed by atoms with van der Waals surface area (Å²) in [5.74, 6) is -2.61. The van der Waals surface area contributed by atoms with Crippen molar-refractivity contribution in [3.63, 3.8) is 0 Å². The van der Waals surface area contributed by atoms with Crippen LogP contribution in [0.25, 0.3) is 0 Å². The van der Waals surface area contributed by atoms with E-state index in [4.69, 9.17) is 5.11 Å². The fourth-order valence-corrected chi connectivity index (χ4v) is 1.64. The van der Waals surface area contributed by atoms with Crippen LogP contribution in [0.5, 0.6) is 11.5 Å². The fourth-order valence-electron chi connectivity index (χ4n) is 1.64. The number of carbonyl (C=O) groups is 2. The molecule has 0 heterocycles. The first kappa shape index (κ1) is 14.8. The van der Waals surface area contributed by atoms with Crippen molar-refractivity contribution < 1.29 is 24.9 Å². The highest BCUT2D eigenvalue weighted by atomic mass is 16.4. The van der Waals surface area contributed by atoms with Gasteiger partial charge in [-0.05, 0) is 19.1 Å². The molecule has 0 aliphatic carbocycles. The standard InChI is InChI=1S/C13H17NO5/c1-3-14(7-8(2)13(18)19)12(17)10-5-4-9(15)6-11(10)16/h4-6,8,15-16H,3,7H2,1-2H3,(H,18,19). The number of benzene rings is 1. The molecule has 1 aromatic rings. The molecule has 1 unspecified atom stereocenters. The molecular weight excluding hydrogens is 250 g/mol. The Morgan fingerprint density at radius 1 is 1.32 bits per heavy atom. The van der Waals surface area contributed by atoms with Gasteiger partial charge in [-0.2, -0.15) is 0 Å². The smallest absolute Gasteiger partial charge is 0.308 e. The molecule has 0 spiro atoms. The topological polar surface area (TPSA) is 98.1 Å². The molecule has 0 aliphatic rings. The van der Waals surface area contributed by atoms with Crippen LogP contribution in [0.1, 0.15) is 24.2 Å². The molecule has 6 nitrogen and oxygen atoms in total. The van der Waals surface area contributed by atoms with Crippen molar-refractivity contribution >= 4 is 11.9 Å². The molecule has 6 heteroatoms. The van der Waals surface area contributed by atoms with Crippen molar-refractivity contribution in [3.8, 4) is 11.5 Å². The van der Waals surface area contributed by atoms with Crippen LogP contribution < -0.4 is 0 Å². The lowest BCUT2D eigenvalue weighted by molar-refractivity contribution is -0.141. The fraction of sp³-hybridized carbons (Fsp3) is 0.385. The third kappa shape index (κ3) is 3.61. The summed E-state index contributed by atoms with van der Waals surface area (Å²) in [6.45, 7) is 3.63. The molecule has 1 aromatic carbocycles. The summed E-state index contributed by atoms with van der Waals surface area (Å²) in [4.78, 5) is 24.3. The number of hydrogen-bond acceptors (Lipinski definition) is 4. The molecule has 0 aliphatic heterocycles. The number of aliphatic carboxylic acids is 1. The average Bonchev–Trinajstić information content (AvgIpc) is 2.34. The summed E-state index contributed by atoms with van der Waals surface area (Å²) >= 11 is 0. The minimum absolute atomic E-state index is 0.0391. The predicted molar refractivity (Wildman–Crippen MR) is 68.1 cm³/mol. The molecule has 1 rings (SSSR count). The molecule has 0 aromatic heterocycles. The maximum Gasteiger partial charge on any atom is 0.308 e. The number of phenols is 2. The second kappa shape index (κ2) is 6.08. The molecular formula is C13H17NO5. The van der Waals surface area contributed by atoms with E-state index in [-0.39, 0.29) is 23.6 Å². The Kier molecular flexibility index (Phi) is 4.74. The Morgan fingerprint density at radius 2 is 1.95 bits per heavy atom. The number of carboxylic acid groups (broad SMARTS) is 1. The highest BCUT2D eigenvalue weighted by Gasteiger charge is 2.22. The van der Waals surface area contributed by atoms with Crippen molar-refractivity contribution in [1.29, 1.82) is 0 Å². The minimum atomic E-state index is -0.985. The van der Waals surface area contributed by atoms with Crippen LogP contribution in [0.3, 0.4) is 0 Å². The van der Waals surface area contributed by atoms with Gasteiger partial charge in [-0.3, -0.25) is 9.59 Å². The lowest BCUT2D eigenvalue weighted by Gasteiger charge is -2.23. The van der Waals surface area contributed by atoms with Crippen LogP contribution in [0.2, 0.25) is 0 Å². The highest BCUT2D eigenvalue weighted by Crippen LogP contribution is 2.24. The lowest BCUT2D eigenvalue weighted by Crippen LogP contribution is -2.36. The number of carboxylic acids is 1. The van der Waals surface area contributed by atoms with Crippen LogP contribution in [0, 0.1) is 5.92 Å². The number of amides is 1. The SMILES string of the molecule is CCN(CC(C)C(=O)O)C(=O)c1ccc(O)cc1O. The van der Waals surface area contributed by atoms with Crippen LogP contribution in [-0.2, 0) is 4.79 Å². The van der Waals surface area contributed by atoms with Gasteiger partial charge in [0.1, 0.15) is 11.5 Å². The molecule has 1 amide bonds. The second-order valence-electron chi connectivity index (χ2n) is 4.28. The lowest BCUT2D eigenvalue weighted by atomic mass is 10.1. The van der Waals surface area contributed by atoms with Gasteiger partial charge >= 0.3 is 5.97 Å². The summed E-state index contributed by atoms with van der Waals surface area (Å²) in [6.07, 6.45) is 0. The van der Waals surface area contributed by atoms with E-state index < -0.39 is 17.8 Å². The van der Waals surface area contributed by atoms with Gasteiger partial charge in [0, 0.05) is 19.2 Å². The third-order valence-electron chi connectivity index (χ3n) is 2.80. The van der Waals surface area contributed by atoms with Gasteiger partial charge in [-0.15, -0.1) is 0 Å². The van der Waals surface area contributed by atoms with E-state index in [0.29, 0.717) is 6.54 Å². The third-order valence-corrected chi connectivity index (χ3v) is 2.80. The molecule has 1 atom stereocenters. The average molecular weight is 267 g/mol. The first-order valence-electron chi connectivity index (χ1n) is 5.90. The van der Waals surface area contributed by atoms with Gasteiger partial charge in [0.2, 0.25) is 0 Å². The van der Waals surface area contributed by atoms with Crippen molar-refractivity contribution in [2.45, 2.75) is 13.8 Å². The largest absolute Gasteiger partial charge is 0.508 e. The van der Waals surface area contributed by atoms with Gasteiger partial charge in [-0.1, -0.05) is 6.92 Å². The second-order valence-corrected chi connectivity index (χ2v) is 4.28. The van der Waals surface area contributed by atoms with Crippen molar-refractivity contribution in [1.82, 2.24) is 4.90 Å².